The molecule has 5 heteroatoms. The van der Waals surface area contributed by atoms with Gasteiger partial charge >= 0.3 is 0 Å². The summed E-state index contributed by atoms with van der Waals surface area (Å²) in [7, 11) is 2.11. The van der Waals surface area contributed by atoms with Crippen LogP contribution in [-0.2, 0) is 6.42 Å². The fourth-order valence-electron chi connectivity index (χ4n) is 3.12. The minimum absolute atomic E-state index is 0.0595. The van der Waals surface area contributed by atoms with Crippen molar-refractivity contribution in [1.29, 1.82) is 0 Å². The molecule has 0 aliphatic carbocycles. The summed E-state index contributed by atoms with van der Waals surface area (Å²) in [4.78, 5) is 6.79. The summed E-state index contributed by atoms with van der Waals surface area (Å²) in [6.07, 6.45) is 1.89. The highest BCUT2D eigenvalue weighted by Crippen LogP contribution is 2.30. The van der Waals surface area contributed by atoms with E-state index in [-0.39, 0.29) is 6.10 Å². The first-order chi connectivity index (χ1) is 12.3. The highest BCUT2D eigenvalue weighted by Gasteiger charge is 2.21. The lowest BCUT2D eigenvalue weighted by Crippen LogP contribution is -2.39. The molecule has 5 nitrogen and oxygen atoms in total. The first-order valence-corrected chi connectivity index (χ1v) is 8.69. The van der Waals surface area contributed by atoms with Crippen LogP contribution in [0.15, 0.2) is 52.9 Å². The van der Waals surface area contributed by atoms with Crippen LogP contribution in [0.2, 0.25) is 0 Å². The highest BCUT2D eigenvalue weighted by atomic mass is 16.6. The third-order valence-corrected chi connectivity index (χ3v) is 4.35. The number of aryl methyl sites for hydroxylation is 1. The van der Waals surface area contributed by atoms with Crippen LogP contribution >= 0.6 is 0 Å². The zero-order valence-electron chi connectivity index (χ0n) is 14.4. The maximum Gasteiger partial charge on any atom is 0.195 e. The van der Waals surface area contributed by atoms with Crippen molar-refractivity contribution in [1.82, 2.24) is 9.88 Å². The van der Waals surface area contributed by atoms with E-state index >= 15 is 0 Å². The third kappa shape index (κ3) is 3.77. The van der Waals surface area contributed by atoms with E-state index in [2.05, 4.69) is 16.9 Å². The van der Waals surface area contributed by atoms with Crippen LogP contribution in [0.1, 0.15) is 12.3 Å². The molecule has 0 bridgehead atoms. The van der Waals surface area contributed by atoms with Crippen LogP contribution < -0.4 is 9.47 Å². The number of aromatic nitrogens is 1. The first kappa shape index (κ1) is 16.0. The molecular weight excluding hydrogens is 316 g/mol. The number of likely N-dealkylation sites (N-methyl/N-ethyl adjacent to an activating group) is 1. The van der Waals surface area contributed by atoms with Gasteiger partial charge in [-0.1, -0.05) is 24.3 Å². The summed E-state index contributed by atoms with van der Waals surface area (Å²) in [5.41, 5.74) is 1.79. The van der Waals surface area contributed by atoms with E-state index in [4.69, 9.17) is 13.9 Å². The number of benzene rings is 2. The monoisotopic (exact) mass is 338 g/mol. The normalized spacial score (nSPS) is 16.5. The molecule has 4 rings (SSSR count). The summed E-state index contributed by atoms with van der Waals surface area (Å²) in [6, 6.07) is 15.7. The number of fused-ring (bicyclic) bond motifs is 2. The number of oxazole rings is 1. The Morgan fingerprint density at radius 3 is 2.76 bits per heavy atom. The Morgan fingerprint density at radius 1 is 1.08 bits per heavy atom. The molecule has 0 unspecified atom stereocenters. The molecule has 2 heterocycles. The fourth-order valence-corrected chi connectivity index (χ4v) is 3.12. The number of ether oxygens (including phenoxy) is 2. The van der Waals surface area contributed by atoms with Gasteiger partial charge in [0, 0.05) is 13.0 Å². The molecule has 0 amide bonds. The lowest BCUT2D eigenvalue weighted by Gasteiger charge is -2.29. The van der Waals surface area contributed by atoms with Gasteiger partial charge in [0.2, 0.25) is 0 Å². The Labute approximate surface area is 147 Å². The molecule has 1 aliphatic heterocycles. The molecule has 0 fully saturated rings. The molecule has 2 aromatic carbocycles. The highest BCUT2D eigenvalue weighted by molar-refractivity contribution is 5.72. The second kappa shape index (κ2) is 7.15. The topological polar surface area (TPSA) is 47.7 Å². The maximum atomic E-state index is 6.01. The summed E-state index contributed by atoms with van der Waals surface area (Å²) < 4.78 is 17.5. The molecule has 3 aromatic rings. The van der Waals surface area contributed by atoms with Gasteiger partial charge in [-0.2, -0.15) is 0 Å². The largest absolute Gasteiger partial charge is 0.486 e. The molecule has 1 atom stereocenters. The number of hydrogen-bond donors (Lipinski definition) is 0. The standard InChI is InChI=1S/C20H22N2O3/c1-22(13-15-14-23-18-9-4-5-10-19(18)24-15)12-6-11-20-21-16-7-2-3-8-17(16)25-20/h2-5,7-10,15H,6,11-14H2,1H3/t15-/m1/s1. The van der Waals surface area contributed by atoms with E-state index in [1.54, 1.807) is 0 Å². The summed E-state index contributed by atoms with van der Waals surface area (Å²) >= 11 is 0. The zero-order chi connectivity index (χ0) is 17.1. The smallest absolute Gasteiger partial charge is 0.195 e. The fraction of sp³-hybridized carbons (Fsp3) is 0.350. The van der Waals surface area contributed by atoms with E-state index in [9.17, 15) is 0 Å². The van der Waals surface area contributed by atoms with E-state index in [0.29, 0.717) is 6.61 Å². The number of rotatable bonds is 6. The molecule has 130 valence electrons. The SMILES string of the molecule is CN(CCCc1nc2ccccc2o1)C[C@@H]1COc2ccccc2O1. The molecular formula is C20H22N2O3. The van der Waals surface area contributed by atoms with Crippen LogP contribution in [0.3, 0.4) is 0 Å². The first-order valence-electron chi connectivity index (χ1n) is 8.69. The second-order valence-corrected chi connectivity index (χ2v) is 6.44. The predicted octanol–water partition coefficient (Wildman–Crippen LogP) is 3.53. The summed E-state index contributed by atoms with van der Waals surface area (Å²) in [5.74, 6) is 2.47. The molecule has 0 spiro atoms. The zero-order valence-corrected chi connectivity index (χ0v) is 14.4. The molecule has 1 aromatic heterocycles. The van der Waals surface area contributed by atoms with Crippen molar-refractivity contribution in [2.24, 2.45) is 0 Å². The Balaban J connectivity index is 1.25. The summed E-state index contributed by atoms with van der Waals surface area (Å²) in [5, 5.41) is 0. The number of hydrogen-bond acceptors (Lipinski definition) is 5. The van der Waals surface area contributed by atoms with Gasteiger partial charge in [-0.05, 0) is 44.3 Å². The van der Waals surface area contributed by atoms with Crippen molar-refractivity contribution in [3.63, 3.8) is 0 Å². The van der Waals surface area contributed by atoms with E-state index < -0.39 is 0 Å². The van der Waals surface area contributed by atoms with Crippen molar-refractivity contribution in [2.75, 3.05) is 26.7 Å². The van der Waals surface area contributed by atoms with Crippen LogP contribution in [0.25, 0.3) is 11.1 Å². The average Bonchev–Trinajstić information content (AvgIpc) is 3.04. The van der Waals surface area contributed by atoms with Gasteiger partial charge in [0.1, 0.15) is 18.2 Å². The molecule has 0 saturated carbocycles. The van der Waals surface area contributed by atoms with E-state index in [1.165, 1.54) is 0 Å². The Kier molecular flexibility index (Phi) is 4.57. The Hall–Kier alpha value is -2.53. The van der Waals surface area contributed by atoms with Gasteiger partial charge in [0.25, 0.3) is 0 Å². The van der Waals surface area contributed by atoms with Crippen LogP contribution in [-0.4, -0.2) is 42.7 Å². The van der Waals surface area contributed by atoms with Crippen molar-refractivity contribution in [3.05, 3.63) is 54.4 Å². The number of para-hydroxylation sites is 4. The predicted molar refractivity (Wildman–Crippen MR) is 96.2 cm³/mol. The molecule has 1 aliphatic rings. The molecule has 0 radical (unpaired) electrons. The van der Waals surface area contributed by atoms with Gasteiger partial charge in [0.15, 0.2) is 23.0 Å². The van der Waals surface area contributed by atoms with E-state index in [0.717, 1.165) is 54.4 Å². The quantitative estimate of drug-likeness (QED) is 0.688. The van der Waals surface area contributed by atoms with Gasteiger partial charge in [-0.3, -0.25) is 0 Å². The van der Waals surface area contributed by atoms with E-state index in [1.807, 2.05) is 48.5 Å². The van der Waals surface area contributed by atoms with Crippen molar-refractivity contribution >= 4 is 11.1 Å². The van der Waals surface area contributed by atoms with Crippen molar-refractivity contribution < 1.29 is 13.9 Å². The van der Waals surface area contributed by atoms with Gasteiger partial charge in [0.05, 0.1) is 0 Å². The molecule has 25 heavy (non-hydrogen) atoms. The van der Waals surface area contributed by atoms with Crippen LogP contribution in [0.4, 0.5) is 0 Å². The second-order valence-electron chi connectivity index (χ2n) is 6.44. The third-order valence-electron chi connectivity index (χ3n) is 4.35. The van der Waals surface area contributed by atoms with Gasteiger partial charge < -0.3 is 18.8 Å². The van der Waals surface area contributed by atoms with Gasteiger partial charge in [-0.25, -0.2) is 4.98 Å². The molecule has 0 N–H and O–H groups in total. The lowest BCUT2D eigenvalue weighted by molar-refractivity contribution is 0.0652. The summed E-state index contributed by atoms with van der Waals surface area (Å²) in [6.45, 7) is 2.38. The molecule has 0 saturated heterocycles. The number of nitrogens with zero attached hydrogens (tertiary/aromatic N) is 2. The maximum absolute atomic E-state index is 6.01. The lowest BCUT2D eigenvalue weighted by atomic mass is 10.2. The van der Waals surface area contributed by atoms with Crippen LogP contribution in [0.5, 0.6) is 11.5 Å². The average molecular weight is 338 g/mol. The minimum atomic E-state index is 0.0595. The van der Waals surface area contributed by atoms with Crippen molar-refractivity contribution in [3.8, 4) is 11.5 Å². The van der Waals surface area contributed by atoms with Crippen LogP contribution in [0, 0.1) is 0 Å². The Bertz CT molecular complexity index is 813. The van der Waals surface area contributed by atoms with Gasteiger partial charge in [-0.15, -0.1) is 0 Å². The van der Waals surface area contributed by atoms with Crippen molar-refractivity contribution in [2.45, 2.75) is 18.9 Å². The minimum Gasteiger partial charge on any atom is -0.486 e. The Morgan fingerprint density at radius 2 is 1.88 bits per heavy atom.